The van der Waals surface area contributed by atoms with Gasteiger partial charge in [0.2, 0.25) is 5.91 Å². The van der Waals surface area contributed by atoms with Crippen LogP contribution in [-0.2, 0) is 14.6 Å². The summed E-state index contributed by atoms with van der Waals surface area (Å²) < 4.78 is 28.1. The van der Waals surface area contributed by atoms with Crippen LogP contribution in [0.3, 0.4) is 0 Å². The van der Waals surface area contributed by atoms with Gasteiger partial charge in [-0.1, -0.05) is 17.8 Å². The van der Waals surface area contributed by atoms with Crippen molar-refractivity contribution in [1.29, 1.82) is 0 Å². The molecule has 134 valence electrons. The number of aromatic nitrogens is 2. The minimum Gasteiger partial charge on any atom is -0.410 e. The van der Waals surface area contributed by atoms with Crippen LogP contribution in [0.1, 0.15) is 6.42 Å². The molecule has 0 saturated carbocycles. The van der Waals surface area contributed by atoms with Gasteiger partial charge in [-0.05, 0) is 17.9 Å². The van der Waals surface area contributed by atoms with Crippen LogP contribution in [-0.4, -0.2) is 53.9 Å². The van der Waals surface area contributed by atoms with Crippen LogP contribution >= 0.6 is 23.1 Å². The zero-order valence-corrected chi connectivity index (χ0v) is 15.2. The Labute approximate surface area is 151 Å². The van der Waals surface area contributed by atoms with Crippen molar-refractivity contribution >= 4 is 44.9 Å². The molecule has 3 heterocycles. The summed E-state index contributed by atoms with van der Waals surface area (Å²) in [4.78, 5) is 24.3. The lowest BCUT2D eigenvalue weighted by atomic mass is 10.3. The molecule has 0 radical (unpaired) electrons. The van der Waals surface area contributed by atoms with Crippen molar-refractivity contribution in [3.05, 3.63) is 17.5 Å². The van der Waals surface area contributed by atoms with Crippen molar-refractivity contribution in [2.24, 2.45) is 0 Å². The maximum atomic E-state index is 11.8. The maximum absolute atomic E-state index is 11.8. The monoisotopic (exact) mass is 402 g/mol. The highest BCUT2D eigenvalue weighted by molar-refractivity contribution is 7.99. The van der Waals surface area contributed by atoms with Gasteiger partial charge in [-0.15, -0.1) is 21.5 Å². The number of nitrogens with zero attached hydrogens (tertiary/aromatic N) is 2. The molecule has 1 fully saturated rings. The average molecular weight is 402 g/mol. The van der Waals surface area contributed by atoms with E-state index in [4.69, 9.17) is 4.42 Å². The molecule has 9 nitrogen and oxygen atoms in total. The fraction of sp³-hybridized carbons (Fsp3) is 0.385. The SMILES string of the molecule is O=C(CSc1nnc(-c2cccs2)o1)NC(=O)N[C@H]1CCS(=O)(=O)C1. The van der Waals surface area contributed by atoms with E-state index in [1.807, 2.05) is 17.5 Å². The number of nitrogens with one attached hydrogen (secondary N) is 2. The minimum atomic E-state index is -3.09. The van der Waals surface area contributed by atoms with E-state index in [1.165, 1.54) is 11.3 Å². The van der Waals surface area contributed by atoms with Gasteiger partial charge in [0.1, 0.15) is 0 Å². The molecule has 0 aliphatic carbocycles. The number of hydrogen-bond donors (Lipinski definition) is 2. The second-order valence-corrected chi connectivity index (χ2v) is 9.36. The molecule has 25 heavy (non-hydrogen) atoms. The summed E-state index contributed by atoms with van der Waals surface area (Å²) in [6, 6.07) is 2.53. The summed E-state index contributed by atoms with van der Waals surface area (Å²) >= 11 is 2.46. The van der Waals surface area contributed by atoms with Crippen molar-refractivity contribution in [2.75, 3.05) is 17.3 Å². The molecule has 1 saturated heterocycles. The third kappa shape index (κ3) is 5.03. The molecule has 2 aromatic rings. The van der Waals surface area contributed by atoms with Gasteiger partial charge in [0.05, 0.1) is 22.1 Å². The third-order valence-electron chi connectivity index (χ3n) is 3.29. The zero-order valence-electron chi connectivity index (χ0n) is 12.8. The normalized spacial score (nSPS) is 18.8. The van der Waals surface area contributed by atoms with Crippen molar-refractivity contribution < 1.29 is 22.4 Å². The highest BCUT2D eigenvalue weighted by Crippen LogP contribution is 2.26. The van der Waals surface area contributed by atoms with E-state index in [-0.39, 0.29) is 22.5 Å². The summed E-state index contributed by atoms with van der Waals surface area (Å²) in [5.74, 6) is -0.303. The first-order chi connectivity index (χ1) is 11.9. The van der Waals surface area contributed by atoms with Gasteiger partial charge in [-0.2, -0.15) is 0 Å². The standard InChI is InChI=1S/C13H14N4O5S3/c18-10(15-12(19)14-8-3-5-25(20,21)7-8)6-24-13-17-16-11(22-13)9-2-1-4-23-9/h1-2,4,8H,3,5-7H2,(H2,14,15,18,19)/t8-/m0/s1. The topological polar surface area (TPSA) is 131 Å². The Morgan fingerprint density at radius 3 is 2.92 bits per heavy atom. The maximum Gasteiger partial charge on any atom is 0.321 e. The molecule has 2 N–H and O–H groups in total. The number of urea groups is 1. The minimum absolute atomic E-state index is 0.0471. The van der Waals surface area contributed by atoms with Crippen molar-refractivity contribution in [1.82, 2.24) is 20.8 Å². The third-order valence-corrected chi connectivity index (χ3v) is 6.73. The lowest BCUT2D eigenvalue weighted by Crippen LogP contribution is -2.45. The molecule has 12 heteroatoms. The Bertz CT molecular complexity index is 862. The molecule has 1 aliphatic rings. The fourth-order valence-corrected chi connectivity index (χ4v) is 5.07. The Morgan fingerprint density at radius 1 is 1.40 bits per heavy atom. The zero-order chi connectivity index (χ0) is 17.9. The predicted molar refractivity (Wildman–Crippen MR) is 92.1 cm³/mol. The molecule has 0 spiro atoms. The van der Waals surface area contributed by atoms with Crippen LogP contribution in [0, 0.1) is 0 Å². The van der Waals surface area contributed by atoms with Crippen molar-refractivity contribution in [2.45, 2.75) is 17.7 Å². The van der Waals surface area contributed by atoms with E-state index in [0.29, 0.717) is 12.3 Å². The second kappa shape index (κ2) is 7.54. The Morgan fingerprint density at radius 2 is 2.24 bits per heavy atom. The number of thiophene rings is 1. The lowest BCUT2D eigenvalue weighted by Gasteiger charge is -2.10. The summed E-state index contributed by atoms with van der Waals surface area (Å²) in [6.07, 6.45) is 0.353. The predicted octanol–water partition coefficient (Wildman–Crippen LogP) is 0.903. The first-order valence-electron chi connectivity index (χ1n) is 7.22. The van der Waals surface area contributed by atoms with Gasteiger partial charge >= 0.3 is 6.03 Å². The van der Waals surface area contributed by atoms with Crippen LogP contribution < -0.4 is 10.6 Å². The Kier molecular flexibility index (Phi) is 5.39. The van der Waals surface area contributed by atoms with E-state index in [1.54, 1.807) is 0 Å². The van der Waals surface area contributed by atoms with Gasteiger partial charge in [0, 0.05) is 6.04 Å². The number of imide groups is 1. The first kappa shape index (κ1) is 17.9. The molecule has 1 atom stereocenters. The molecule has 0 bridgehead atoms. The van der Waals surface area contributed by atoms with Crippen molar-refractivity contribution in [3.8, 4) is 10.8 Å². The molecule has 0 unspecified atom stereocenters. The lowest BCUT2D eigenvalue weighted by molar-refractivity contribution is -0.117. The average Bonchev–Trinajstić information content (AvgIpc) is 3.25. The number of carbonyl (C=O) groups is 2. The van der Waals surface area contributed by atoms with Crippen LogP contribution in [0.25, 0.3) is 10.8 Å². The Hall–Kier alpha value is -1.92. The van der Waals surface area contributed by atoms with Gasteiger partial charge in [0.15, 0.2) is 9.84 Å². The number of carbonyl (C=O) groups excluding carboxylic acids is 2. The number of hydrogen-bond acceptors (Lipinski definition) is 9. The van der Waals surface area contributed by atoms with Crippen molar-refractivity contribution in [3.63, 3.8) is 0 Å². The van der Waals surface area contributed by atoms with Gasteiger partial charge in [0.25, 0.3) is 11.1 Å². The summed E-state index contributed by atoms with van der Waals surface area (Å²) in [5.41, 5.74) is 0. The van der Waals surface area contributed by atoms with Crippen LogP contribution in [0.2, 0.25) is 0 Å². The highest BCUT2D eigenvalue weighted by atomic mass is 32.2. The molecule has 3 amide bonds. The number of sulfone groups is 1. The largest absolute Gasteiger partial charge is 0.410 e. The van der Waals surface area contributed by atoms with E-state index >= 15 is 0 Å². The van der Waals surface area contributed by atoms with Crippen LogP contribution in [0.15, 0.2) is 27.2 Å². The molecule has 0 aromatic carbocycles. The van der Waals surface area contributed by atoms with E-state index < -0.39 is 27.8 Å². The van der Waals surface area contributed by atoms with E-state index in [9.17, 15) is 18.0 Å². The number of amides is 3. The Balaban J connectivity index is 1.43. The number of thioether (sulfide) groups is 1. The first-order valence-corrected chi connectivity index (χ1v) is 10.9. The van der Waals surface area contributed by atoms with Crippen LogP contribution in [0.4, 0.5) is 4.79 Å². The molecule has 2 aromatic heterocycles. The summed E-state index contributed by atoms with van der Waals surface area (Å²) in [5, 5.41) is 14.4. The summed E-state index contributed by atoms with van der Waals surface area (Å²) in [6.45, 7) is 0. The smallest absolute Gasteiger partial charge is 0.321 e. The highest BCUT2D eigenvalue weighted by Gasteiger charge is 2.29. The van der Waals surface area contributed by atoms with Gasteiger partial charge in [-0.3, -0.25) is 10.1 Å². The molecular formula is C13H14N4O5S3. The summed E-state index contributed by atoms with van der Waals surface area (Å²) in [7, 11) is -3.09. The molecule has 3 rings (SSSR count). The molecular weight excluding hydrogens is 388 g/mol. The quantitative estimate of drug-likeness (QED) is 0.705. The fourth-order valence-electron chi connectivity index (χ4n) is 2.19. The second-order valence-electron chi connectivity index (χ2n) is 5.26. The van der Waals surface area contributed by atoms with Gasteiger partial charge in [-0.25, -0.2) is 13.2 Å². The van der Waals surface area contributed by atoms with Gasteiger partial charge < -0.3 is 9.73 Å². The number of rotatable bonds is 5. The molecule has 1 aliphatic heterocycles. The van der Waals surface area contributed by atoms with E-state index in [2.05, 4.69) is 20.8 Å². The van der Waals surface area contributed by atoms with Crippen LogP contribution in [0.5, 0.6) is 0 Å². The van der Waals surface area contributed by atoms with E-state index in [0.717, 1.165) is 16.6 Å².